The molecule has 0 spiro atoms. The first-order valence-corrected chi connectivity index (χ1v) is 13.4. The summed E-state index contributed by atoms with van der Waals surface area (Å²) >= 11 is 12.4. The van der Waals surface area contributed by atoms with Crippen molar-refractivity contribution >= 4 is 67.0 Å². The molecule has 2 aliphatic heterocycles. The lowest BCUT2D eigenvalue weighted by molar-refractivity contribution is -0.150. The predicted octanol–water partition coefficient (Wildman–Crippen LogP) is 1.39. The van der Waals surface area contributed by atoms with Crippen LogP contribution in [0.2, 0.25) is 19.6 Å². The normalized spacial score (nSPS) is 22.2. The molecule has 2 amide bonds. The maximum absolute atomic E-state index is 12.7. The van der Waals surface area contributed by atoms with Crippen LogP contribution in [0, 0.1) is 0 Å². The van der Waals surface area contributed by atoms with Gasteiger partial charge in [0.25, 0.3) is 11.8 Å². The van der Waals surface area contributed by atoms with Gasteiger partial charge in [-0.25, -0.2) is 4.79 Å². The van der Waals surface area contributed by atoms with Gasteiger partial charge in [-0.15, -0.1) is 11.8 Å². The van der Waals surface area contributed by atoms with Crippen LogP contribution in [0.1, 0.15) is 6.92 Å². The SMILES string of the molecule is CC(=O)OCC1=C(C(=O)O[Si](C)(C)C)N2C(=O)C(NC(=O)C(Cl)Cl)[C@H]2SC1. The van der Waals surface area contributed by atoms with Crippen molar-refractivity contribution < 1.29 is 28.3 Å². The fourth-order valence-corrected chi connectivity index (χ4v) is 4.62. The van der Waals surface area contributed by atoms with Crippen molar-refractivity contribution in [3.63, 3.8) is 0 Å². The molecule has 1 saturated heterocycles. The zero-order valence-electron chi connectivity index (χ0n) is 15.2. The van der Waals surface area contributed by atoms with Gasteiger partial charge >= 0.3 is 11.9 Å². The molecule has 8 nitrogen and oxygen atoms in total. The van der Waals surface area contributed by atoms with Crippen molar-refractivity contribution in [3.05, 3.63) is 11.3 Å². The maximum atomic E-state index is 12.7. The third kappa shape index (κ3) is 5.18. The van der Waals surface area contributed by atoms with Crippen molar-refractivity contribution in [3.8, 4) is 0 Å². The van der Waals surface area contributed by atoms with E-state index in [0.29, 0.717) is 11.3 Å². The van der Waals surface area contributed by atoms with E-state index in [1.807, 2.05) is 19.6 Å². The summed E-state index contributed by atoms with van der Waals surface area (Å²) in [6.45, 7) is 6.67. The van der Waals surface area contributed by atoms with Gasteiger partial charge in [0.1, 0.15) is 23.7 Å². The number of halogens is 2. The number of thioether (sulfide) groups is 1. The molecule has 1 N–H and O–H groups in total. The zero-order chi connectivity index (χ0) is 20.5. The lowest BCUT2D eigenvalue weighted by Crippen LogP contribution is -2.71. The molecule has 0 aromatic carbocycles. The predicted molar refractivity (Wildman–Crippen MR) is 104 cm³/mol. The summed E-state index contributed by atoms with van der Waals surface area (Å²) in [6.07, 6.45) is 0. The lowest BCUT2D eigenvalue weighted by atomic mass is 10.0. The monoisotopic (exact) mass is 454 g/mol. The van der Waals surface area contributed by atoms with Gasteiger partial charge in [0, 0.05) is 18.2 Å². The summed E-state index contributed by atoms with van der Waals surface area (Å²) < 4.78 is 10.5. The second kappa shape index (κ2) is 8.42. The Morgan fingerprint density at radius 1 is 1.33 bits per heavy atom. The van der Waals surface area contributed by atoms with E-state index >= 15 is 0 Å². The van der Waals surface area contributed by atoms with Gasteiger partial charge in [0.05, 0.1) is 0 Å². The van der Waals surface area contributed by atoms with E-state index in [-0.39, 0.29) is 12.3 Å². The number of nitrogens with one attached hydrogen (secondary N) is 1. The van der Waals surface area contributed by atoms with E-state index < -0.39 is 48.3 Å². The highest BCUT2D eigenvalue weighted by Crippen LogP contribution is 2.41. The second-order valence-electron chi connectivity index (χ2n) is 6.93. The Kier molecular flexibility index (Phi) is 6.88. The molecule has 0 aliphatic carbocycles. The van der Waals surface area contributed by atoms with Gasteiger partial charge in [0.15, 0.2) is 4.84 Å². The molecule has 12 heteroatoms. The average Bonchev–Trinajstić information content (AvgIpc) is 2.54. The molecular weight excluding hydrogens is 435 g/mol. The van der Waals surface area contributed by atoms with Crippen molar-refractivity contribution in [2.75, 3.05) is 12.4 Å². The summed E-state index contributed by atoms with van der Waals surface area (Å²) in [5.41, 5.74) is 0.562. The number of carbonyl (C=O) groups is 4. The largest absolute Gasteiger partial charge is 0.515 e. The standard InChI is InChI=1S/C15H20Cl2N2O6SSi/c1-7(20)24-5-8-6-26-14-9(18-12(21)11(16)17)13(22)19(14)10(8)15(23)25-27(2,3)4/h9,11,14H,5-6H2,1-4H3,(H,18,21)/t9?,14-/m1/s1. The maximum Gasteiger partial charge on any atom is 0.341 e. The minimum atomic E-state index is -2.23. The highest BCUT2D eigenvalue weighted by Gasteiger charge is 2.55. The van der Waals surface area contributed by atoms with Crippen LogP contribution in [-0.4, -0.2) is 65.6 Å². The quantitative estimate of drug-likeness (QED) is 0.280. The number of ether oxygens (including phenoxy) is 1. The topological polar surface area (TPSA) is 102 Å². The summed E-state index contributed by atoms with van der Waals surface area (Å²) in [6, 6.07) is -0.840. The zero-order valence-corrected chi connectivity index (χ0v) is 18.5. The number of carbonyl (C=O) groups excluding carboxylic acids is 4. The van der Waals surface area contributed by atoms with Crippen LogP contribution in [0.4, 0.5) is 0 Å². The number of esters is 1. The Hall–Kier alpha value is -1.23. The Labute approximate surface area is 172 Å². The van der Waals surface area contributed by atoms with Crippen molar-refractivity contribution in [1.29, 1.82) is 0 Å². The smallest absolute Gasteiger partial charge is 0.341 e. The molecule has 0 saturated carbocycles. The third-order valence-electron chi connectivity index (χ3n) is 3.59. The molecule has 0 aromatic rings. The molecule has 0 aromatic heterocycles. The van der Waals surface area contributed by atoms with E-state index in [4.69, 9.17) is 32.4 Å². The third-order valence-corrected chi connectivity index (χ3v) is 6.12. The molecule has 2 aliphatic rings. The van der Waals surface area contributed by atoms with Crippen LogP contribution >= 0.6 is 35.0 Å². The van der Waals surface area contributed by atoms with Gasteiger partial charge < -0.3 is 14.5 Å². The second-order valence-corrected chi connectivity index (χ2v) is 13.6. The van der Waals surface area contributed by atoms with E-state index in [9.17, 15) is 19.2 Å². The molecule has 150 valence electrons. The first kappa shape index (κ1) is 22.1. The Morgan fingerprint density at radius 2 is 1.96 bits per heavy atom. The Morgan fingerprint density at radius 3 is 2.48 bits per heavy atom. The molecule has 1 fully saturated rings. The summed E-state index contributed by atoms with van der Waals surface area (Å²) in [5, 5.41) is 1.98. The van der Waals surface area contributed by atoms with Crippen LogP contribution in [0.5, 0.6) is 0 Å². The molecule has 2 atom stereocenters. The van der Waals surface area contributed by atoms with Crippen LogP contribution in [0.15, 0.2) is 11.3 Å². The number of β-lactam (4-membered cyclic amide) rings is 1. The number of fused-ring (bicyclic) bond motifs is 1. The summed E-state index contributed by atoms with van der Waals surface area (Å²) in [4.78, 5) is 48.1. The fraction of sp³-hybridized carbons (Fsp3) is 0.600. The molecular formula is C15H20Cl2N2O6SSi. The number of alkyl halides is 2. The van der Waals surface area contributed by atoms with Crippen LogP contribution in [0.25, 0.3) is 0 Å². The average molecular weight is 455 g/mol. The van der Waals surface area contributed by atoms with E-state index in [2.05, 4.69) is 5.32 Å². The van der Waals surface area contributed by atoms with Gasteiger partial charge in [-0.05, 0) is 19.6 Å². The van der Waals surface area contributed by atoms with E-state index in [1.165, 1.54) is 23.6 Å². The number of hydrogen-bond donors (Lipinski definition) is 1. The van der Waals surface area contributed by atoms with E-state index in [0.717, 1.165) is 0 Å². The van der Waals surface area contributed by atoms with Crippen molar-refractivity contribution in [2.24, 2.45) is 0 Å². The Bertz CT molecular complexity index is 709. The molecule has 1 unspecified atom stereocenters. The van der Waals surface area contributed by atoms with Crippen molar-refractivity contribution in [2.45, 2.75) is 42.8 Å². The van der Waals surface area contributed by atoms with Crippen LogP contribution in [-0.2, 0) is 28.3 Å². The van der Waals surface area contributed by atoms with Crippen molar-refractivity contribution in [1.82, 2.24) is 10.2 Å². The number of amides is 2. The van der Waals surface area contributed by atoms with Gasteiger partial charge in [-0.3, -0.25) is 19.3 Å². The number of nitrogens with zero attached hydrogens (tertiary/aromatic N) is 1. The first-order chi connectivity index (χ1) is 12.4. The minimum absolute atomic E-state index is 0.0752. The fourth-order valence-electron chi connectivity index (χ4n) is 2.51. The Balaban J connectivity index is 2.27. The summed E-state index contributed by atoms with van der Waals surface area (Å²) in [5.74, 6) is -1.94. The molecule has 27 heavy (non-hydrogen) atoms. The molecule has 0 bridgehead atoms. The van der Waals surface area contributed by atoms with Crippen LogP contribution in [0.3, 0.4) is 0 Å². The first-order valence-electron chi connectivity index (χ1n) is 8.04. The molecule has 0 radical (unpaired) electrons. The van der Waals surface area contributed by atoms with Crippen LogP contribution < -0.4 is 5.32 Å². The number of hydrogen-bond acceptors (Lipinski definition) is 7. The lowest BCUT2D eigenvalue weighted by Gasteiger charge is -2.50. The molecule has 2 heterocycles. The highest BCUT2D eigenvalue weighted by atomic mass is 35.5. The van der Waals surface area contributed by atoms with Gasteiger partial charge in [-0.1, -0.05) is 23.2 Å². The summed E-state index contributed by atoms with van der Waals surface area (Å²) in [7, 11) is -2.23. The van der Waals surface area contributed by atoms with Gasteiger partial charge in [0.2, 0.25) is 8.32 Å². The van der Waals surface area contributed by atoms with Gasteiger partial charge in [-0.2, -0.15) is 0 Å². The highest BCUT2D eigenvalue weighted by molar-refractivity contribution is 8.00. The molecule has 2 rings (SSSR count). The van der Waals surface area contributed by atoms with E-state index in [1.54, 1.807) is 0 Å². The minimum Gasteiger partial charge on any atom is -0.515 e. The number of rotatable bonds is 6.